The first kappa shape index (κ1) is 12.9. The van der Waals surface area contributed by atoms with E-state index in [0.29, 0.717) is 17.2 Å². The summed E-state index contributed by atoms with van der Waals surface area (Å²) in [6, 6.07) is 7.34. The molecule has 0 bridgehead atoms. The summed E-state index contributed by atoms with van der Waals surface area (Å²) in [6.45, 7) is 2.12. The maximum absolute atomic E-state index is 12.1. The van der Waals surface area contributed by atoms with E-state index in [0.717, 1.165) is 0 Å². The Morgan fingerprint density at radius 3 is 2.44 bits per heavy atom. The van der Waals surface area contributed by atoms with Gasteiger partial charge in [-0.3, -0.25) is 4.79 Å². The summed E-state index contributed by atoms with van der Waals surface area (Å²) in [7, 11) is 0. The highest BCUT2D eigenvalue weighted by atomic mass is 16.1. The second-order valence-corrected chi connectivity index (χ2v) is 5.28. The van der Waals surface area contributed by atoms with E-state index in [1.165, 1.54) is 32.1 Å². The topological polar surface area (TPSA) is 55.1 Å². The van der Waals surface area contributed by atoms with Crippen LogP contribution in [0.3, 0.4) is 0 Å². The summed E-state index contributed by atoms with van der Waals surface area (Å²) in [6.07, 6.45) is 6.42. The van der Waals surface area contributed by atoms with Crippen LogP contribution >= 0.6 is 0 Å². The van der Waals surface area contributed by atoms with Gasteiger partial charge in [0.2, 0.25) is 0 Å². The molecule has 98 valence electrons. The fourth-order valence-electron chi connectivity index (χ4n) is 2.68. The van der Waals surface area contributed by atoms with Crippen molar-refractivity contribution in [1.29, 1.82) is 0 Å². The summed E-state index contributed by atoms with van der Waals surface area (Å²) in [5.74, 6) is 0.643. The highest BCUT2D eigenvalue weighted by Crippen LogP contribution is 2.26. The third-order valence-corrected chi connectivity index (χ3v) is 3.89. The van der Waals surface area contributed by atoms with E-state index in [2.05, 4.69) is 12.2 Å². The second kappa shape index (κ2) is 5.89. The molecule has 1 aromatic rings. The van der Waals surface area contributed by atoms with Gasteiger partial charge >= 0.3 is 0 Å². The van der Waals surface area contributed by atoms with Crippen LogP contribution in [-0.4, -0.2) is 11.9 Å². The van der Waals surface area contributed by atoms with Gasteiger partial charge in [0.05, 0.1) is 0 Å². The molecule has 1 amide bonds. The van der Waals surface area contributed by atoms with Crippen LogP contribution in [0, 0.1) is 5.92 Å². The number of rotatable bonds is 3. The van der Waals surface area contributed by atoms with Crippen molar-refractivity contribution < 1.29 is 4.79 Å². The van der Waals surface area contributed by atoms with Crippen molar-refractivity contribution in [2.24, 2.45) is 5.92 Å². The molecule has 0 saturated heterocycles. The molecule has 0 spiro atoms. The first-order valence-corrected chi connectivity index (χ1v) is 6.83. The quantitative estimate of drug-likeness (QED) is 0.806. The van der Waals surface area contributed by atoms with Gasteiger partial charge in [0.15, 0.2) is 0 Å². The Hall–Kier alpha value is -1.51. The first-order chi connectivity index (χ1) is 8.66. The fraction of sp³-hybridized carbons (Fsp3) is 0.533. The Labute approximate surface area is 109 Å². The molecular weight excluding hydrogens is 224 g/mol. The molecule has 1 aliphatic rings. The smallest absolute Gasteiger partial charge is 0.251 e. The molecule has 0 aliphatic heterocycles. The van der Waals surface area contributed by atoms with E-state index < -0.39 is 0 Å². The highest BCUT2D eigenvalue weighted by Gasteiger charge is 2.21. The highest BCUT2D eigenvalue weighted by molar-refractivity contribution is 5.94. The SMILES string of the molecule is C[C@H](NC(=O)c1ccc(N)cc1)C1CCCCC1. The van der Waals surface area contributed by atoms with Crippen molar-refractivity contribution in [1.82, 2.24) is 5.32 Å². The zero-order valence-electron chi connectivity index (χ0n) is 11.0. The lowest BCUT2D eigenvalue weighted by Gasteiger charge is -2.28. The summed E-state index contributed by atoms with van der Waals surface area (Å²) in [5, 5.41) is 3.11. The molecule has 0 heterocycles. The molecule has 1 fully saturated rings. The molecule has 0 aromatic heterocycles. The minimum absolute atomic E-state index is 0.00748. The molecular formula is C15H22N2O. The number of hydrogen-bond donors (Lipinski definition) is 2. The Kier molecular flexibility index (Phi) is 4.24. The van der Waals surface area contributed by atoms with Crippen LogP contribution < -0.4 is 11.1 Å². The number of amides is 1. The van der Waals surface area contributed by atoms with Gasteiger partial charge in [0.25, 0.3) is 5.91 Å². The van der Waals surface area contributed by atoms with Crippen molar-refractivity contribution in [3.63, 3.8) is 0 Å². The number of hydrogen-bond acceptors (Lipinski definition) is 2. The van der Waals surface area contributed by atoms with Crippen LogP contribution in [0.5, 0.6) is 0 Å². The number of carbonyl (C=O) groups is 1. The average molecular weight is 246 g/mol. The first-order valence-electron chi connectivity index (χ1n) is 6.83. The van der Waals surface area contributed by atoms with Gasteiger partial charge in [0, 0.05) is 17.3 Å². The predicted molar refractivity (Wildman–Crippen MR) is 74.4 cm³/mol. The molecule has 1 aromatic carbocycles. The maximum atomic E-state index is 12.1. The molecule has 3 nitrogen and oxygen atoms in total. The lowest BCUT2D eigenvalue weighted by molar-refractivity contribution is 0.0919. The van der Waals surface area contributed by atoms with E-state index in [-0.39, 0.29) is 11.9 Å². The number of nitrogens with one attached hydrogen (secondary N) is 1. The van der Waals surface area contributed by atoms with Crippen molar-refractivity contribution in [3.8, 4) is 0 Å². The third-order valence-electron chi connectivity index (χ3n) is 3.89. The van der Waals surface area contributed by atoms with Crippen molar-refractivity contribution >= 4 is 11.6 Å². The van der Waals surface area contributed by atoms with Crippen LogP contribution in [0.4, 0.5) is 5.69 Å². The molecule has 3 N–H and O–H groups in total. The van der Waals surface area contributed by atoms with Gasteiger partial charge in [-0.15, -0.1) is 0 Å². The van der Waals surface area contributed by atoms with Gasteiger partial charge in [0.1, 0.15) is 0 Å². The summed E-state index contributed by atoms with van der Waals surface area (Å²) in [4.78, 5) is 12.1. The van der Waals surface area contributed by atoms with Crippen LogP contribution in [0.1, 0.15) is 49.4 Å². The van der Waals surface area contributed by atoms with Gasteiger partial charge in [-0.2, -0.15) is 0 Å². The van der Waals surface area contributed by atoms with E-state index in [1.54, 1.807) is 24.3 Å². The largest absolute Gasteiger partial charge is 0.399 e. The second-order valence-electron chi connectivity index (χ2n) is 5.28. The maximum Gasteiger partial charge on any atom is 0.251 e. The molecule has 2 rings (SSSR count). The standard InChI is InChI=1S/C15H22N2O/c1-11(12-5-3-2-4-6-12)17-15(18)13-7-9-14(16)10-8-13/h7-12H,2-6,16H2,1H3,(H,17,18)/t11-/m0/s1. The summed E-state index contributed by atoms with van der Waals surface area (Å²) in [5.41, 5.74) is 6.99. The number of nitrogen functional groups attached to an aromatic ring is 1. The van der Waals surface area contributed by atoms with Crippen LogP contribution in [0.25, 0.3) is 0 Å². The van der Waals surface area contributed by atoms with Crippen LogP contribution in [0.15, 0.2) is 24.3 Å². The van der Waals surface area contributed by atoms with Crippen molar-refractivity contribution in [2.75, 3.05) is 5.73 Å². The lowest BCUT2D eigenvalue weighted by atomic mass is 9.84. The van der Waals surface area contributed by atoms with Crippen LogP contribution in [0.2, 0.25) is 0 Å². The Morgan fingerprint density at radius 2 is 1.83 bits per heavy atom. The molecule has 0 unspecified atom stereocenters. The van der Waals surface area contributed by atoms with E-state index in [4.69, 9.17) is 5.73 Å². The minimum atomic E-state index is 0.00748. The Morgan fingerprint density at radius 1 is 1.22 bits per heavy atom. The number of nitrogens with two attached hydrogens (primary N) is 1. The molecule has 18 heavy (non-hydrogen) atoms. The third kappa shape index (κ3) is 3.25. The zero-order chi connectivity index (χ0) is 13.0. The summed E-state index contributed by atoms with van der Waals surface area (Å²) >= 11 is 0. The number of benzene rings is 1. The van der Waals surface area contributed by atoms with Crippen LogP contribution in [-0.2, 0) is 0 Å². The molecule has 0 radical (unpaired) electrons. The Balaban J connectivity index is 1.91. The monoisotopic (exact) mass is 246 g/mol. The van der Waals surface area contributed by atoms with E-state index in [9.17, 15) is 4.79 Å². The molecule has 1 saturated carbocycles. The van der Waals surface area contributed by atoms with Gasteiger partial charge in [-0.25, -0.2) is 0 Å². The Bertz CT molecular complexity index is 393. The van der Waals surface area contributed by atoms with Crippen molar-refractivity contribution in [2.45, 2.75) is 45.1 Å². The van der Waals surface area contributed by atoms with Gasteiger partial charge in [-0.05, 0) is 49.9 Å². The normalized spacial score (nSPS) is 18.3. The minimum Gasteiger partial charge on any atom is -0.399 e. The van der Waals surface area contributed by atoms with E-state index in [1.807, 2.05) is 0 Å². The number of carbonyl (C=O) groups excluding carboxylic acids is 1. The average Bonchev–Trinajstić information content (AvgIpc) is 2.40. The lowest BCUT2D eigenvalue weighted by Crippen LogP contribution is -2.38. The van der Waals surface area contributed by atoms with E-state index >= 15 is 0 Å². The zero-order valence-corrected chi connectivity index (χ0v) is 11.0. The summed E-state index contributed by atoms with van der Waals surface area (Å²) < 4.78 is 0. The molecule has 1 aliphatic carbocycles. The predicted octanol–water partition coefficient (Wildman–Crippen LogP) is 2.97. The molecule has 3 heteroatoms. The van der Waals surface area contributed by atoms with Gasteiger partial charge in [-0.1, -0.05) is 19.3 Å². The van der Waals surface area contributed by atoms with Gasteiger partial charge < -0.3 is 11.1 Å². The fourth-order valence-corrected chi connectivity index (χ4v) is 2.68. The molecule has 1 atom stereocenters. The number of anilines is 1. The van der Waals surface area contributed by atoms with Crippen molar-refractivity contribution in [3.05, 3.63) is 29.8 Å².